The number of urea groups is 1. The Morgan fingerprint density at radius 2 is 1.85 bits per heavy atom. The molecule has 1 spiro atoms. The molecule has 146 valence electrons. The number of likely N-dealkylation sites (tertiary alicyclic amines) is 1. The van der Waals surface area contributed by atoms with Crippen molar-refractivity contribution in [1.82, 2.24) is 15.1 Å². The Bertz CT molecular complexity index is 701. The predicted octanol–water partition coefficient (Wildman–Crippen LogP) is 1.03. The highest BCUT2D eigenvalue weighted by Gasteiger charge is 2.53. The maximum atomic E-state index is 12.9. The van der Waals surface area contributed by atoms with Gasteiger partial charge in [0.05, 0.1) is 20.2 Å². The van der Waals surface area contributed by atoms with Crippen molar-refractivity contribution in [2.24, 2.45) is 0 Å². The number of anilines is 1. The number of nitrogens with one attached hydrogen (secondary N) is 1. The fourth-order valence-corrected chi connectivity index (χ4v) is 3.87. The Hall–Kier alpha value is -2.77. The molecule has 2 saturated heterocycles. The average Bonchev–Trinajstić information content (AvgIpc) is 2.94. The number of amides is 3. The summed E-state index contributed by atoms with van der Waals surface area (Å²) in [6.45, 7) is 1.78. The maximum absolute atomic E-state index is 12.9. The minimum Gasteiger partial charge on any atom is -0.469 e. The minimum absolute atomic E-state index is 0.108. The van der Waals surface area contributed by atoms with E-state index in [1.807, 2.05) is 37.4 Å². The number of para-hydroxylation sites is 1. The van der Waals surface area contributed by atoms with Crippen LogP contribution in [0.3, 0.4) is 0 Å². The van der Waals surface area contributed by atoms with Gasteiger partial charge in [-0.25, -0.2) is 4.79 Å². The smallest absolute Gasteiger partial charge is 0.317 e. The minimum atomic E-state index is -0.598. The molecular weight excluding hydrogens is 348 g/mol. The number of methoxy groups -OCH3 is 1. The summed E-state index contributed by atoms with van der Waals surface area (Å²) in [5, 5.41) is 2.74. The van der Waals surface area contributed by atoms with E-state index < -0.39 is 5.54 Å². The summed E-state index contributed by atoms with van der Waals surface area (Å²) in [7, 11) is 3.14. The first-order valence-electron chi connectivity index (χ1n) is 9.16. The molecule has 1 N–H and O–H groups in total. The van der Waals surface area contributed by atoms with E-state index in [2.05, 4.69) is 15.0 Å². The maximum Gasteiger partial charge on any atom is 0.317 e. The first-order valence-corrected chi connectivity index (χ1v) is 9.16. The summed E-state index contributed by atoms with van der Waals surface area (Å²) in [4.78, 5) is 42.0. The molecule has 2 heterocycles. The SMILES string of the molecule is COC(=O)CCNC(=O)N1CCC2(CC1)C(=O)N(C)CN2c1ccccc1. The number of carbonyl (C=O) groups is 3. The third-order valence-electron chi connectivity index (χ3n) is 5.39. The topological polar surface area (TPSA) is 82.2 Å². The van der Waals surface area contributed by atoms with Gasteiger partial charge in [-0.3, -0.25) is 9.59 Å². The van der Waals surface area contributed by atoms with Crippen molar-refractivity contribution < 1.29 is 19.1 Å². The number of likely N-dealkylation sites (N-methyl/N-ethyl adjacent to an activating group) is 1. The largest absolute Gasteiger partial charge is 0.469 e. The molecule has 1 aromatic rings. The first kappa shape index (κ1) is 19.0. The molecule has 0 aliphatic carbocycles. The molecule has 3 amide bonds. The predicted molar refractivity (Wildman–Crippen MR) is 100 cm³/mol. The molecule has 1 aromatic carbocycles. The van der Waals surface area contributed by atoms with Gasteiger partial charge in [-0.05, 0) is 25.0 Å². The summed E-state index contributed by atoms with van der Waals surface area (Å²) in [6.07, 6.45) is 1.30. The number of hydrogen-bond donors (Lipinski definition) is 1. The van der Waals surface area contributed by atoms with Crippen LogP contribution in [-0.2, 0) is 14.3 Å². The van der Waals surface area contributed by atoms with Crippen LogP contribution in [0.5, 0.6) is 0 Å². The van der Waals surface area contributed by atoms with Crippen LogP contribution < -0.4 is 10.2 Å². The third-order valence-corrected chi connectivity index (χ3v) is 5.39. The fraction of sp³-hybridized carbons (Fsp3) is 0.526. The molecule has 0 aromatic heterocycles. The zero-order valence-corrected chi connectivity index (χ0v) is 15.8. The van der Waals surface area contributed by atoms with Gasteiger partial charge in [-0.15, -0.1) is 0 Å². The van der Waals surface area contributed by atoms with Gasteiger partial charge in [0.2, 0.25) is 5.91 Å². The average molecular weight is 374 g/mol. The van der Waals surface area contributed by atoms with Crippen LogP contribution in [0.25, 0.3) is 0 Å². The highest BCUT2D eigenvalue weighted by atomic mass is 16.5. The summed E-state index contributed by atoms with van der Waals surface area (Å²) >= 11 is 0. The van der Waals surface area contributed by atoms with E-state index in [0.717, 1.165) is 5.69 Å². The van der Waals surface area contributed by atoms with E-state index in [1.165, 1.54) is 7.11 Å². The zero-order valence-electron chi connectivity index (χ0n) is 15.8. The van der Waals surface area contributed by atoms with Crippen molar-refractivity contribution >= 4 is 23.6 Å². The fourth-order valence-electron chi connectivity index (χ4n) is 3.87. The van der Waals surface area contributed by atoms with Gasteiger partial charge in [-0.1, -0.05) is 18.2 Å². The second kappa shape index (κ2) is 7.85. The summed E-state index contributed by atoms with van der Waals surface area (Å²) in [6, 6.07) is 9.71. The molecule has 0 bridgehead atoms. The number of esters is 1. The van der Waals surface area contributed by atoms with E-state index >= 15 is 0 Å². The van der Waals surface area contributed by atoms with Crippen molar-refractivity contribution in [3.63, 3.8) is 0 Å². The van der Waals surface area contributed by atoms with Crippen molar-refractivity contribution in [1.29, 1.82) is 0 Å². The highest BCUT2D eigenvalue weighted by Crippen LogP contribution is 2.38. The molecule has 27 heavy (non-hydrogen) atoms. The molecule has 2 aliphatic heterocycles. The summed E-state index contributed by atoms with van der Waals surface area (Å²) in [5.74, 6) is -0.247. The van der Waals surface area contributed by atoms with Crippen LogP contribution in [0.1, 0.15) is 19.3 Å². The monoisotopic (exact) mass is 374 g/mol. The molecule has 0 unspecified atom stereocenters. The molecule has 2 fully saturated rings. The molecule has 3 rings (SSSR count). The third kappa shape index (κ3) is 3.70. The second-order valence-corrected chi connectivity index (χ2v) is 6.98. The van der Waals surface area contributed by atoms with Crippen LogP contribution in [0, 0.1) is 0 Å². The number of benzene rings is 1. The molecule has 0 atom stereocenters. The standard InChI is InChI=1S/C19H26N4O4/c1-21-14-23(15-6-4-3-5-7-15)19(17(21)25)9-12-22(13-10-19)18(26)20-11-8-16(24)27-2/h3-7H,8-14H2,1-2H3,(H,20,26). The molecule has 8 heteroatoms. The zero-order chi connectivity index (χ0) is 19.4. The lowest BCUT2D eigenvalue weighted by atomic mass is 9.85. The lowest BCUT2D eigenvalue weighted by Gasteiger charge is -2.43. The van der Waals surface area contributed by atoms with Gasteiger partial charge < -0.3 is 24.8 Å². The van der Waals surface area contributed by atoms with Gasteiger partial charge in [0.15, 0.2) is 0 Å². The first-order chi connectivity index (χ1) is 13.0. The lowest BCUT2D eigenvalue weighted by molar-refractivity contribution is -0.140. The number of nitrogens with zero attached hydrogens (tertiary/aromatic N) is 3. The molecule has 8 nitrogen and oxygen atoms in total. The summed E-state index contributed by atoms with van der Waals surface area (Å²) < 4.78 is 4.57. The molecule has 0 saturated carbocycles. The van der Waals surface area contributed by atoms with Crippen molar-refractivity contribution in [2.75, 3.05) is 45.4 Å². The van der Waals surface area contributed by atoms with Crippen LogP contribution in [0.4, 0.5) is 10.5 Å². The van der Waals surface area contributed by atoms with Gasteiger partial charge >= 0.3 is 12.0 Å². The van der Waals surface area contributed by atoms with E-state index in [-0.39, 0.29) is 30.9 Å². The Morgan fingerprint density at radius 3 is 2.48 bits per heavy atom. The number of carbonyl (C=O) groups excluding carboxylic acids is 3. The van der Waals surface area contributed by atoms with Crippen molar-refractivity contribution in [3.05, 3.63) is 30.3 Å². The van der Waals surface area contributed by atoms with Gasteiger partial charge in [0, 0.05) is 32.4 Å². The van der Waals surface area contributed by atoms with Crippen LogP contribution in [0.15, 0.2) is 30.3 Å². The number of piperidine rings is 1. The Kier molecular flexibility index (Phi) is 5.53. The van der Waals surface area contributed by atoms with Gasteiger partial charge in [0.25, 0.3) is 0 Å². The normalized spacial score (nSPS) is 18.7. The Morgan fingerprint density at radius 1 is 1.19 bits per heavy atom. The van der Waals surface area contributed by atoms with E-state index in [1.54, 1.807) is 9.80 Å². The van der Waals surface area contributed by atoms with Crippen molar-refractivity contribution in [2.45, 2.75) is 24.8 Å². The molecular formula is C19H26N4O4. The van der Waals surface area contributed by atoms with Crippen molar-refractivity contribution in [3.8, 4) is 0 Å². The summed E-state index contributed by atoms with van der Waals surface area (Å²) in [5.41, 5.74) is 0.421. The number of hydrogen-bond acceptors (Lipinski definition) is 5. The lowest BCUT2D eigenvalue weighted by Crippen LogP contribution is -2.58. The molecule has 2 aliphatic rings. The quantitative estimate of drug-likeness (QED) is 0.796. The van der Waals surface area contributed by atoms with Crippen LogP contribution >= 0.6 is 0 Å². The Balaban J connectivity index is 1.64. The number of rotatable bonds is 4. The Labute approximate surface area is 159 Å². The van der Waals surface area contributed by atoms with Gasteiger partial charge in [0.1, 0.15) is 5.54 Å². The number of ether oxygens (including phenoxy) is 1. The van der Waals surface area contributed by atoms with Crippen LogP contribution in [0.2, 0.25) is 0 Å². The van der Waals surface area contributed by atoms with Gasteiger partial charge in [-0.2, -0.15) is 0 Å². The van der Waals surface area contributed by atoms with E-state index in [0.29, 0.717) is 32.6 Å². The van der Waals surface area contributed by atoms with E-state index in [4.69, 9.17) is 0 Å². The van der Waals surface area contributed by atoms with Crippen LogP contribution in [-0.4, -0.2) is 73.7 Å². The molecule has 0 radical (unpaired) electrons. The van der Waals surface area contributed by atoms with E-state index in [9.17, 15) is 14.4 Å². The second-order valence-electron chi connectivity index (χ2n) is 6.98. The highest BCUT2D eigenvalue weighted by molar-refractivity contribution is 5.93.